The second kappa shape index (κ2) is 9.20. The summed E-state index contributed by atoms with van der Waals surface area (Å²) in [4.78, 5) is 6.90. The molecule has 1 saturated heterocycles. The van der Waals surface area contributed by atoms with Crippen molar-refractivity contribution in [3.05, 3.63) is 63.1 Å². The van der Waals surface area contributed by atoms with Gasteiger partial charge in [0.25, 0.3) is 0 Å². The first-order valence-corrected chi connectivity index (χ1v) is 14.4. The van der Waals surface area contributed by atoms with Gasteiger partial charge in [-0.3, -0.25) is 0 Å². The second-order valence-corrected chi connectivity index (χ2v) is 12.3. The lowest BCUT2D eigenvalue weighted by molar-refractivity contribution is -0.0624. The van der Waals surface area contributed by atoms with Gasteiger partial charge in [-0.05, 0) is 62.8 Å². The van der Waals surface area contributed by atoms with E-state index in [1.165, 1.54) is 17.4 Å². The summed E-state index contributed by atoms with van der Waals surface area (Å²) in [5.41, 5.74) is 2.70. The van der Waals surface area contributed by atoms with Gasteiger partial charge in [0.1, 0.15) is 17.0 Å². The van der Waals surface area contributed by atoms with Crippen molar-refractivity contribution in [2.75, 3.05) is 11.4 Å². The molecule has 1 unspecified atom stereocenters. The molecule has 4 aromatic rings. The first-order chi connectivity index (χ1) is 18.4. The van der Waals surface area contributed by atoms with Gasteiger partial charge in [0.2, 0.25) is 0 Å². The standard InChI is InChI=1S/C28H23Cl2FN4O2S/c29-19-2-1-3-20(30)23(19)24-18(26(37-34-24)16-4-5-16)14-36-28-7-6-17(12-28)35(9-8-28)27-33-25-21(31)10-15(13-32)11-22(25)38-27/h1-3,10-11,16-17H,4-9,12,14H2/t17-,28?/m0/s1. The SMILES string of the molecule is N#Cc1cc(F)c2nc(N3CCC4(OCc5c(-c6c(Cl)cccc6Cl)noc5C5CC5)CC[C@H]3C4)sc2c1. The van der Waals surface area contributed by atoms with Crippen LogP contribution in [0.15, 0.2) is 34.9 Å². The van der Waals surface area contributed by atoms with E-state index in [0.717, 1.165) is 61.5 Å². The molecule has 1 aliphatic heterocycles. The normalized spacial score (nSPS) is 22.8. The summed E-state index contributed by atoms with van der Waals surface area (Å²) in [6.07, 6.45) is 5.80. The van der Waals surface area contributed by atoms with Crippen molar-refractivity contribution in [1.82, 2.24) is 10.1 Å². The van der Waals surface area contributed by atoms with Crippen molar-refractivity contribution in [2.24, 2.45) is 0 Å². The molecular weight excluding hydrogens is 546 g/mol. The lowest BCUT2D eigenvalue weighted by atomic mass is 9.93. The maximum atomic E-state index is 14.5. The minimum atomic E-state index is -0.447. The third-order valence-corrected chi connectivity index (χ3v) is 9.76. The highest BCUT2D eigenvalue weighted by Gasteiger charge is 2.47. The Morgan fingerprint density at radius 2 is 2.03 bits per heavy atom. The molecule has 3 aliphatic rings. The maximum Gasteiger partial charge on any atom is 0.186 e. The van der Waals surface area contributed by atoms with Gasteiger partial charge in [-0.2, -0.15) is 5.26 Å². The Kier molecular flexibility index (Phi) is 5.89. The fourth-order valence-electron chi connectivity index (χ4n) is 5.96. The topological polar surface area (TPSA) is 75.2 Å². The molecule has 0 spiro atoms. The van der Waals surface area contributed by atoms with Crippen LogP contribution >= 0.6 is 34.5 Å². The number of hydrogen-bond acceptors (Lipinski definition) is 7. The Bertz CT molecular complexity index is 1590. The number of hydrogen-bond donors (Lipinski definition) is 0. The molecule has 2 aromatic carbocycles. The number of ether oxygens (including phenoxy) is 1. The van der Waals surface area contributed by atoms with E-state index in [4.69, 9.17) is 32.5 Å². The van der Waals surface area contributed by atoms with Gasteiger partial charge in [0.15, 0.2) is 10.9 Å². The van der Waals surface area contributed by atoms with Crippen molar-refractivity contribution in [2.45, 2.75) is 62.7 Å². The third-order valence-electron chi connectivity index (χ3n) is 8.09. The van der Waals surface area contributed by atoms with Crippen LogP contribution in [0.25, 0.3) is 21.5 Å². The van der Waals surface area contributed by atoms with Gasteiger partial charge < -0.3 is 14.2 Å². The Hall–Kier alpha value is -2.70. The molecule has 0 amide bonds. The number of thiazole rings is 1. The Morgan fingerprint density at radius 3 is 2.79 bits per heavy atom. The van der Waals surface area contributed by atoms with E-state index >= 15 is 0 Å². The van der Waals surface area contributed by atoms with E-state index in [9.17, 15) is 9.65 Å². The van der Waals surface area contributed by atoms with Gasteiger partial charge in [-0.25, -0.2) is 9.37 Å². The maximum absolute atomic E-state index is 14.5. The van der Waals surface area contributed by atoms with Crippen LogP contribution in [0, 0.1) is 17.1 Å². The number of aromatic nitrogens is 2. The Morgan fingerprint density at radius 1 is 1.21 bits per heavy atom. The summed E-state index contributed by atoms with van der Waals surface area (Å²) < 4.78 is 27.8. The zero-order valence-corrected chi connectivity index (χ0v) is 22.7. The Labute approximate surface area is 232 Å². The zero-order valence-electron chi connectivity index (χ0n) is 20.3. The number of benzene rings is 2. The van der Waals surface area contributed by atoms with Gasteiger partial charge >= 0.3 is 0 Å². The van der Waals surface area contributed by atoms with Crippen LogP contribution < -0.4 is 4.90 Å². The molecule has 2 atom stereocenters. The lowest BCUT2D eigenvalue weighted by Gasteiger charge is -2.39. The van der Waals surface area contributed by atoms with E-state index in [-0.39, 0.29) is 11.6 Å². The predicted octanol–water partition coefficient (Wildman–Crippen LogP) is 7.86. The van der Waals surface area contributed by atoms with E-state index in [1.807, 2.05) is 24.3 Å². The minimum absolute atomic E-state index is 0.239. The largest absolute Gasteiger partial charge is 0.370 e. The molecule has 2 saturated carbocycles. The summed E-state index contributed by atoms with van der Waals surface area (Å²) in [6, 6.07) is 10.7. The number of rotatable bonds is 6. The van der Waals surface area contributed by atoms with E-state index < -0.39 is 5.82 Å². The zero-order chi connectivity index (χ0) is 26.0. The molecule has 3 heterocycles. The molecule has 10 heteroatoms. The lowest BCUT2D eigenvalue weighted by Crippen LogP contribution is -2.45. The molecule has 38 heavy (non-hydrogen) atoms. The van der Waals surface area contributed by atoms with Crippen LogP contribution in [0.5, 0.6) is 0 Å². The number of halogens is 3. The predicted molar refractivity (Wildman–Crippen MR) is 145 cm³/mol. The van der Waals surface area contributed by atoms with Crippen LogP contribution in [-0.4, -0.2) is 28.3 Å². The highest BCUT2D eigenvalue weighted by molar-refractivity contribution is 7.22. The molecule has 2 aromatic heterocycles. The summed E-state index contributed by atoms with van der Waals surface area (Å²) in [5.74, 6) is 0.803. The first-order valence-electron chi connectivity index (χ1n) is 12.8. The molecule has 6 nitrogen and oxygen atoms in total. The highest BCUT2D eigenvalue weighted by Crippen LogP contribution is 2.49. The average Bonchev–Trinajstić information content (AvgIpc) is 3.38. The number of nitriles is 1. The van der Waals surface area contributed by atoms with Gasteiger partial charge in [0.05, 0.1) is 38.6 Å². The number of fused-ring (bicyclic) bond motifs is 3. The number of piperidine rings is 1. The highest BCUT2D eigenvalue weighted by atomic mass is 35.5. The summed E-state index contributed by atoms with van der Waals surface area (Å²) in [6.45, 7) is 1.17. The third kappa shape index (κ3) is 4.08. The van der Waals surface area contributed by atoms with Crippen LogP contribution in [0.3, 0.4) is 0 Å². The quantitative estimate of drug-likeness (QED) is 0.235. The molecule has 2 bridgehead atoms. The van der Waals surface area contributed by atoms with Crippen molar-refractivity contribution in [3.8, 4) is 17.3 Å². The van der Waals surface area contributed by atoms with Gasteiger partial charge in [-0.1, -0.05) is 45.8 Å². The summed E-state index contributed by atoms with van der Waals surface area (Å²) in [7, 11) is 0. The van der Waals surface area contributed by atoms with Gasteiger partial charge in [-0.15, -0.1) is 0 Å². The number of nitrogens with zero attached hydrogens (tertiary/aromatic N) is 4. The monoisotopic (exact) mass is 568 g/mol. The molecule has 2 aliphatic carbocycles. The molecular formula is C28H23Cl2FN4O2S. The van der Waals surface area contributed by atoms with Crippen LogP contribution in [-0.2, 0) is 11.3 Å². The molecule has 194 valence electrons. The summed E-state index contributed by atoms with van der Waals surface area (Å²) in [5, 5.41) is 15.5. The van der Waals surface area contributed by atoms with Gasteiger partial charge in [0, 0.05) is 29.6 Å². The van der Waals surface area contributed by atoms with E-state index in [2.05, 4.69) is 15.0 Å². The first kappa shape index (κ1) is 24.3. The molecule has 0 N–H and O–H groups in total. The van der Waals surface area contributed by atoms with E-state index in [0.29, 0.717) is 49.6 Å². The van der Waals surface area contributed by atoms with Crippen molar-refractivity contribution in [3.63, 3.8) is 0 Å². The summed E-state index contributed by atoms with van der Waals surface area (Å²) >= 11 is 14.5. The van der Waals surface area contributed by atoms with Crippen LogP contribution in [0.2, 0.25) is 10.0 Å². The van der Waals surface area contributed by atoms with E-state index in [1.54, 1.807) is 6.07 Å². The second-order valence-electron chi connectivity index (χ2n) is 10.5. The van der Waals surface area contributed by atoms with Crippen molar-refractivity contribution in [1.29, 1.82) is 5.26 Å². The molecule has 0 radical (unpaired) electrons. The molecule has 3 fully saturated rings. The van der Waals surface area contributed by atoms with Crippen LogP contribution in [0.1, 0.15) is 61.3 Å². The smallest absolute Gasteiger partial charge is 0.186 e. The van der Waals surface area contributed by atoms with Crippen LogP contribution in [0.4, 0.5) is 9.52 Å². The Balaban J connectivity index is 1.13. The minimum Gasteiger partial charge on any atom is -0.370 e. The number of anilines is 1. The van der Waals surface area contributed by atoms with Crippen molar-refractivity contribution < 1.29 is 13.7 Å². The van der Waals surface area contributed by atoms with Crippen molar-refractivity contribution >= 4 is 49.9 Å². The molecule has 7 rings (SSSR count). The fourth-order valence-corrected chi connectivity index (χ4v) is 7.65. The average molecular weight is 569 g/mol. The fraction of sp³-hybridized carbons (Fsp3) is 0.393.